The maximum absolute atomic E-state index is 15.5. The zero-order chi connectivity index (χ0) is 40.5. The third kappa shape index (κ3) is 6.06. The van der Waals surface area contributed by atoms with Crippen molar-refractivity contribution in [1.82, 2.24) is 4.90 Å². The van der Waals surface area contributed by atoms with Crippen molar-refractivity contribution in [3.05, 3.63) is 113 Å². The maximum atomic E-state index is 15.5. The maximum Gasteiger partial charge on any atom is 0.264 e. The first-order valence-electron chi connectivity index (χ1n) is 20.4. The predicted octanol–water partition coefficient (Wildman–Crippen LogP) is 5.27. The molecule has 11 nitrogen and oxygen atoms in total. The monoisotopic (exact) mass is 798 g/mol. The van der Waals surface area contributed by atoms with Crippen molar-refractivity contribution in [2.75, 3.05) is 41.5 Å². The van der Waals surface area contributed by atoms with Gasteiger partial charge in [-0.25, -0.2) is 0 Å². The van der Waals surface area contributed by atoms with Gasteiger partial charge in [0.2, 0.25) is 17.7 Å². The number of rotatable bonds is 10. The number of anilines is 3. The number of aliphatic hydroxyl groups excluding tert-OH is 1. The molecule has 0 aromatic heterocycles. The van der Waals surface area contributed by atoms with Gasteiger partial charge in [-0.05, 0) is 71.1 Å². The molecular formula is C46H50N4O7Si. The van der Waals surface area contributed by atoms with Crippen LogP contribution in [-0.2, 0) is 49.0 Å². The molecule has 5 aliphatic heterocycles. The van der Waals surface area contributed by atoms with Crippen LogP contribution in [0.3, 0.4) is 0 Å². The van der Waals surface area contributed by atoms with Crippen LogP contribution in [0, 0.1) is 5.92 Å². The van der Waals surface area contributed by atoms with Crippen LogP contribution in [0.25, 0.3) is 0 Å². The van der Waals surface area contributed by atoms with Gasteiger partial charge in [-0.15, -0.1) is 0 Å². The summed E-state index contributed by atoms with van der Waals surface area (Å²) in [5.74, 6) is 0.221. The van der Waals surface area contributed by atoms with Gasteiger partial charge in [-0.2, -0.15) is 0 Å². The zero-order valence-corrected chi connectivity index (χ0v) is 34.5. The van der Waals surface area contributed by atoms with Gasteiger partial charge in [0.1, 0.15) is 5.75 Å². The first kappa shape index (κ1) is 38.2. The molecule has 0 saturated carbocycles. The van der Waals surface area contributed by atoms with Crippen molar-refractivity contribution in [2.24, 2.45) is 5.92 Å². The molecule has 1 spiro atoms. The quantitative estimate of drug-likeness (QED) is 0.172. The lowest BCUT2D eigenvalue weighted by Gasteiger charge is -2.39. The Balaban J connectivity index is 1.12. The summed E-state index contributed by atoms with van der Waals surface area (Å²) in [6.07, 6.45) is 1.01. The number of carbonyl (C=O) groups excluding carboxylic acids is 4. The highest BCUT2D eigenvalue weighted by Crippen LogP contribution is 2.61. The number of β-lactam (4-membered cyclic amide) rings is 2. The number of methoxy groups -OCH3 is 1. The normalized spacial score (nSPS) is 25.2. The standard InChI is InChI=1S/C46H50N4O7Si/c1-29-44(58(3,4)37-16-14-36(56-2)15-17-37)40(25-43(54)49-27-32-8-6-5-7-31(32)23-35(49)28-51)57-46(29)38-24-34(48-22-20-42(48)53)13-18-39(38)50(45(46)55)26-30-9-11-33(12-10-30)47-21-19-41(47)52/h5-18,24,29,35,40,44,51H,19-23,25-28H2,1-4H3/t29-,35-,40+,44-,46+/m0/s1. The molecule has 3 saturated heterocycles. The van der Waals surface area contributed by atoms with E-state index in [4.69, 9.17) is 9.47 Å². The molecule has 5 heterocycles. The third-order valence-corrected chi connectivity index (χ3v) is 18.0. The largest absolute Gasteiger partial charge is 0.497 e. The van der Waals surface area contributed by atoms with Crippen LogP contribution in [0.4, 0.5) is 17.1 Å². The molecule has 58 heavy (non-hydrogen) atoms. The van der Waals surface area contributed by atoms with Gasteiger partial charge in [-0.3, -0.25) is 19.2 Å². The molecule has 9 rings (SSSR count). The Morgan fingerprint density at radius 1 is 0.879 bits per heavy atom. The second kappa shape index (κ2) is 14.5. The van der Waals surface area contributed by atoms with Gasteiger partial charge >= 0.3 is 0 Å². The lowest BCUT2D eigenvalue weighted by atomic mass is 9.82. The Morgan fingerprint density at radius 3 is 2.16 bits per heavy atom. The number of aliphatic hydroxyl groups is 1. The highest BCUT2D eigenvalue weighted by atomic mass is 28.3. The summed E-state index contributed by atoms with van der Waals surface area (Å²) in [6, 6.07) is 29.4. The number of carbonyl (C=O) groups is 4. The summed E-state index contributed by atoms with van der Waals surface area (Å²) < 4.78 is 12.9. The Bertz CT molecular complexity index is 2300. The van der Waals surface area contributed by atoms with Gasteiger partial charge in [0.15, 0.2) is 5.60 Å². The van der Waals surface area contributed by atoms with E-state index in [0.717, 1.165) is 44.7 Å². The highest BCUT2D eigenvalue weighted by Gasteiger charge is 2.66. The summed E-state index contributed by atoms with van der Waals surface area (Å²) in [5.41, 5.74) is 4.48. The van der Waals surface area contributed by atoms with E-state index in [1.54, 1.807) is 26.7 Å². The van der Waals surface area contributed by atoms with Crippen LogP contribution in [-0.4, -0.2) is 80.7 Å². The van der Waals surface area contributed by atoms with Crippen LogP contribution in [0.15, 0.2) is 91.0 Å². The summed E-state index contributed by atoms with van der Waals surface area (Å²) in [5, 5.41) is 11.7. The Hall–Kier alpha value is -5.30. The zero-order valence-electron chi connectivity index (χ0n) is 33.5. The summed E-state index contributed by atoms with van der Waals surface area (Å²) in [6.45, 7) is 8.50. The topological polar surface area (TPSA) is 120 Å². The van der Waals surface area contributed by atoms with Crippen molar-refractivity contribution in [2.45, 2.75) is 82.1 Å². The minimum absolute atomic E-state index is 0.0345. The molecular weight excluding hydrogens is 749 g/mol. The second-order valence-corrected chi connectivity index (χ2v) is 21.7. The first-order chi connectivity index (χ1) is 27.9. The molecule has 4 aromatic rings. The Morgan fingerprint density at radius 2 is 1.53 bits per heavy atom. The molecule has 0 aliphatic carbocycles. The van der Waals surface area contributed by atoms with Crippen molar-refractivity contribution in [3.8, 4) is 5.75 Å². The smallest absolute Gasteiger partial charge is 0.264 e. The number of hydrogen-bond donors (Lipinski definition) is 1. The number of nitrogens with zero attached hydrogens (tertiary/aromatic N) is 4. The van der Waals surface area contributed by atoms with Gasteiger partial charge in [0.05, 0.1) is 52.6 Å². The SMILES string of the molecule is COc1ccc([Si](C)(C)[C@@H]2[C@@H](CC(=O)N3Cc4ccccc4C[C@H]3CO)O[C@]3(C(=O)N(Cc4ccc(N5CCC5=O)cc4)c4ccc(N5CCC5=O)cc43)[C@H]2C)cc1. The number of hydrogen-bond acceptors (Lipinski definition) is 7. The third-order valence-electron chi connectivity index (χ3n) is 13.7. The predicted molar refractivity (Wildman–Crippen MR) is 224 cm³/mol. The number of fused-ring (bicyclic) bond motifs is 3. The van der Waals surface area contributed by atoms with Crippen molar-refractivity contribution < 1.29 is 33.8 Å². The van der Waals surface area contributed by atoms with Crippen LogP contribution in [0.5, 0.6) is 5.75 Å². The Kier molecular flexibility index (Phi) is 9.56. The Labute approximate surface area is 340 Å². The number of ether oxygens (including phenoxy) is 2. The van der Waals surface area contributed by atoms with Crippen molar-refractivity contribution in [3.63, 3.8) is 0 Å². The van der Waals surface area contributed by atoms with Crippen LogP contribution in [0.2, 0.25) is 18.6 Å². The van der Waals surface area contributed by atoms with E-state index in [-0.39, 0.29) is 60.7 Å². The van der Waals surface area contributed by atoms with Gasteiger partial charge in [0.25, 0.3) is 5.91 Å². The van der Waals surface area contributed by atoms with Gasteiger partial charge in [0, 0.05) is 55.3 Å². The average Bonchev–Trinajstić information content (AvgIpc) is 3.65. The van der Waals surface area contributed by atoms with Crippen LogP contribution < -0.4 is 24.6 Å². The second-order valence-electron chi connectivity index (χ2n) is 17.0. The molecule has 5 atom stereocenters. The molecule has 3 fully saturated rings. The van der Waals surface area contributed by atoms with E-state index in [9.17, 15) is 19.5 Å². The number of benzene rings is 4. The molecule has 12 heteroatoms. The van der Waals surface area contributed by atoms with Gasteiger partial charge in [-0.1, -0.05) is 73.7 Å². The van der Waals surface area contributed by atoms with Crippen LogP contribution in [0.1, 0.15) is 48.4 Å². The molecule has 5 aliphatic rings. The van der Waals surface area contributed by atoms with E-state index in [2.05, 4.69) is 38.2 Å². The fourth-order valence-corrected chi connectivity index (χ4v) is 14.3. The highest BCUT2D eigenvalue weighted by molar-refractivity contribution is 6.91. The lowest BCUT2D eigenvalue weighted by molar-refractivity contribution is -0.151. The van der Waals surface area contributed by atoms with E-state index in [1.165, 1.54) is 0 Å². The fourth-order valence-electron chi connectivity index (χ4n) is 10.3. The molecule has 0 unspecified atom stereocenters. The molecule has 1 N–H and O–H groups in total. The molecule has 4 amide bonds. The van der Waals surface area contributed by atoms with Gasteiger partial charge < -0.3 is 34.2 Å². The first-order valence-corrected chi connectivity index (χ1v) is 23.5. The number of amides is 4. The van der Waals surface area contributed by atoms with E-state index in [0.29, 0.717) is 44.5 Å². The van der Waals surface area contributed by atoms with E-state index in [1.807, 2.05) is 72.8 Å². The van der Waals surface area contributed by atoms with Crippen molar-refractivity contribution >= 4 is 54.0 Å². The molecule has 0 radical (unpaired) electrons. The summed E-state index contributed by atoms with van der Waals surface area (Å²) >= 11 is 0. The molecule has 0 bridgehead atoms. The molecule has 4 aromatic carbocycles. The summed E-state index contributed by atoms with van der Waals surface area (Å²) in [4.78, 5) is 62.2. The fraction of sp³-hybridized carbons (Fsp3) is 0.391. The summed E-state index contributed by atoms with van der Waals surface area (Å²) in [7, 11) is -0.933. The van der Waals surface area contributed by atoms with E-state index < -0.39 is 19.8 Å². The lowest BCUT2D eigenvalue weighted by Crippen LogP contribution is -2.52. The minimum Gasteiger partial charge on any atom is -0.497 e. The minimum atomic E-state index is -2.58. The van der Waals surface area contributed by atoms with Crippen LogP contribution >= 0.6 is 0 Å². The average molecular weight is 799 g/mol. The van der Waals surface area contributed by atoms with Crippen molar-refractivity contribution in [1.29, 1.82) is 0 Å². The molecule has 300 valence electrons. The van der Waals surface area contributed by atoms with E-state index >= 15 is 4.79 Å².